The second-order valence-corrected chi connectivity index (χ2v) is 7.62. The monoisotopic (exact) mass is 394 g/mol. The lowest BCUT2D eigenvalue weighted by atomic mass is 9.73. The predicted octanol–water partition coefficient (Wildman–Crippen LogP) is 2.86. The standard InChI is InChI=1S/C23H26N2O4/c1-24(14-8-13-21(27)28)20(26)16-23(15-17-9-4-3-5-10-17)18-11-6-7-12-19(18)25(2)22(23)29/h3-7,9-12H,8,13-16H2,1-2H3,(H,27,28)/t23-/m0/s1. The van der Waals surface area contributed by atoms with Gasteiger partial charge in [-0.3, -0.25) is 14.4 Å². The van der Waals surface area contributed by atoms with Gasteiger partial charge in [-0.1, -0.05) is 48.5 Å². The number of aliphatic carboxylic acids is 1. The highest BCUT2D eigenvalue weighted by atomic mass is 16.4. The largest absolute Gasteiger partial charge is 0.481 e. The van der Waals surface area contributed by atoms with Crippen LogP contribution in [-0.4, -0.2) is 48.4 Å². The highest BCUT2D eigenvalue weighted by molar-refractivity contribution is 6.09. The Morgan fingerprint density at radius 3 is 2.41 bits per heavy atom. The summed E-state index contributed by atoms with van der Waals surface area (Å²) in [5, 5.41) is 8.82. The molecule has 1 aliphatic heterocycles. The Hall–Kier alpha value is -3.15. The molecule has 1 atom stereocenters. The van der Waals surface area contributed by atoms with Crippen molar-refractivity contribution in [1.29, 1.82) is 0 Å². The lowest BCUT2D eigenvalue weighted by Gasteiger charge is -2.30. The number of para-hydroxylation sites is 1. The zero-order valence-corrected chi connectivity index (χ0v) is 16.8. The molecule has 0 spiro atoms. The summed E-state index contributed by atoms with van der Waals surface area (Å²) < 4.78 is 0. The zero-order valence-electron chi connectivity index (χ0n) is 16.8. The summed E-state index contributed by atoms with van der Waals surface area (Å²) in [4.78, 5) is 40.4. The maximum absolute atomic E-state index is 13.4. The number of benzene rings is 2. The van der Waals surface area contributed by atoms with Gasteiger partial charge in [0.1, 0.15) is 0 Å². The number of hydrogen-bond acceptors (Lipinski definition) is 3. The summed E-state index contributed by atoms with van der Waals surface area (Å²) in [7, 11) is 3.41. The second-order valence-electron chi connectivity index (χ2n) is 7.62. The van der Waals surface area contributed by atoms with Gasteiger partial charge in [0.25, 0.3) is 0 Å². The number of amides is 2. The molecule has 0 aromatic heterocycles. The van der Waals surface area contributed by atoms with Crippen molar-refractivity contribution in [3.05, 3.63) is 65.7 Å². The fourth-order valence-electron chi connectivity index (χ4n) is 4.05. The van der Waals surface area contributed by atoms with Crippen molar-refractivity contribution in [1.82, 2.24) is 4.90 Å². The van der Waals surface area contributed by atoms with Crippen LogP contribution in [-0.2, 0) is 26.2 Å². The van der Waals surface area contributed by atoms with E-state index < -0.39 is 11.4 Å². The van der Waals surface area contributed by atoms with Crippen LogP contribution in [0, 0.1) is 0 Å². The van der Waals surface area contributed by atoms with Gasteiger partial charge >= 0.3 is 5.97 Å². The van der Waals surface area contributed by atoms with Crippen molar-refractivity contribution >= 4 is 23.5 Å². The number of carbonyl (C=O) groups is 3. The number of carboxylic acid groups (broad SMARTS) is 1. The number of likely N-dealkylation sites (N-methyl/N-ethyl adjacent to an activating group) is 1. The summed E-state index contributed by atoms with van der Waals surface area (Å²) in [6.07, 6.45) is 0.874. The molecule has 2 aromatic carbocycles. The van der Waals surface area contributed by atoms with Crippen molar-refractivity contribution in [2.24, 2.45) is 0 Å². The number of anilines is 1. The zero-order chi connectivity index (χ0) is 21.0. The molecule has 29 heavy (non-hydrogen) atoms. The van der Waals surface area contributed by atoms with Gasteiger partial charge in [0, 0.05) is 39.2 Å². The minimum absolute atomic E-state index is 0.0112. The first-order chi connectivity index (χ1) is 13.8. The van der Waals surface area contributed by atoms with Crippen LogP contribution in [0.5, 0.6) is 0 Å². The maximum Gasteiger partial charge on any atom is 0.303 e. The van der Waals surface area contributed by atoms with Gasteiger partial charge in [-0.2, -0.15) is 0 Å². The minimum atomic E-state index is -0.967. The van der Waals surface area contributed by atoms with Crippen molar-refractivity contribution in [3.63, 3.8) is 0 Å². The molecule has 6 nitrogen and oxygen atoms in total. The molecule has 2 amide bonds. The van der Waals surface area contributed by atoms with E-state index in [1.807, 2.05) is 54.6 Å². The lowest BCUT2D eigenvalue weighted by molar-refractivity contribution is -0.138. The van der Waals surface area contributed by atoms with Crippen LogP contribution in [0.3, 0.4) is 0 Å². The van der Waals surface area contributed by atoms with Gasteiger partial charge in [0.2, 0.25) is 11.8 Å². The molecule has 0 unspecified atom stereocenters. The van der Waals surface area contributed by atoms with Gasteiger partial charge in [0.05, 0.1) is 5.41 Å². The summed E-state index contributed by atoms with van der Waals surface area (Å²) >= 11 is 0. The maximum atomic E-state index is 13.4. The summed E-state index contributed by atoms with van der Waals surface area (Å²) in [6, 6.07) is 17.3. The van der Waals surface area contributed by atoms with Gasteiger partial charge in [-0.15, -0.1) is 0 Å². The van der Waals surface area contributed by atoms with Crippen LogP contribution >= 0.6 is 0 Å². The molecule has 3 rings (SSSR count). The van der Waals surface area contributed by atoms with E-state index in [4.69, 9.17) is 5.11 Å². The Morgan fingerprint density at radius 1 is 1.07 bits per heavy atom. The number of nitrogens with zero attached hydrogens (tertiary/aromatic N) is 2. The minimum Gasteiger partial charge on any atom is -0.481 e. The highest BCUT2D eigenvalue weighted by Crippen LogP contribution is 2.45. The SMILES string of the molecule is CN(CCCC(=O)O)C(=O)C[C@]1(Cc2ccccc2)C(=O)N(C)c2ccccc21. The molecule has 1 aliphatic rings. The van der Waals surface area contributed by atoms with E-state index in [9.17, 15) is 14.4 Å². The van der Waals surface area contributed by atoms with Gasteiger partial charge in [0.15, 0.2) is 0 Å². The van der Waals surface area contributed by atoms with E-state index >= 15 is 0 Å². The molecule has 0 saturated carbocycles. The van der Waals surface area contributed by atoms with Crippen LogP contribution in [0.2, 0.25) is 0 Å². The lowest BCUT2D eigenvalue weighted by Crippen LogP contribution is -2.45. The van der Waals surface area contributed by atoms with Gasteiger partial charge in [-0.05, 0) is 30.0 Å². The Labute approximate surface area is 170 Å². The molecule has 1 heterocycles. The number of fused-ring (bicyclic) bond motifs is 1. The van der Waals surface area contributed by atoms with E-state index in [1.165, 1.54) is 4.90 Å². The number of carbonyl (C=O) groups excluding carboxylic acids is 2. The van der Waals surface area contributed by atoms with E-state index in [1.54, 1.807) is 19.0 Å². The third-order valence-corrected chi connectivity index (χ3v) is 5.61. The van der Waals surface area contributed by atoms with Crippen molar-refractivity contribution in [2.75, 3.05) is 25.5 Å². The first-order valence-electron chi connectivity index (χ1n) is 9.72. The molecule has 0 radical (unpaired) electrons. The van der Waals surface area contributed by atoms with Crippen LogP contribution in [0.25, 0.3) is 0 Å². The molecule has 0 aliphatic carbocycles. The third kappa shape index (κ3) is 4.16. The smallest absolute Gasteiger partial charge is 0.303 e. The predicted molar refractivity (Wildman–Crippen MR) is 111 cm³/mol. The van der Waals surface area contributed by atoms with E-state index in [0.29, 0.717) is 19.4 Å². The van der Waals surface area contributed by atoms with Crippen LogP contribution in [0.15, 0.2) is 54.6 Å². The molecule has 6 heteroatoms. The average Bonchev–Trinajstić information content (AvgIpc) is 2.91. The summed E-state index contributed by atoms with van der Waals surface area (Å²) in [6.45, 7) is 0.345. The van der Waals surface area contributed by atoms with E-state index in [2.05, 4.69) is 0 Å². The molecule has 0 fully saturated rings. The number of carboxylic acids is 1. The quantitative estimate of drug-likeness (QED) is 0.747. The molecular formula is C23H26N2O4. The van der Waals surface area contributed by atoms with E-state index in [0.717, 1.165) is 16.8 Å². The van der Waals surface area contributed by atoms with Crippen molar-refractivity contribution in [3.8, 4) is 0 Å². The van der Waals surface area contributed by atoms with E-state index in [-0.39, 0.29) is 24.7 Å². The molecule has 1 N–H and O–H groups in total. The van der Waals surface area contributed by atoms with Gasteiger partial charge < -0.3 is 14.9 Å². The molecule has 0 bridgehead atoms. The Kier molecular flexibility index (Phi) is 6.01. The fraction of sp³-hybridized carbons (Fsp3) is 0.348. The molecule has 0 saturated heterocycles. The third-order valence-electron chi connectivity index (χ3n) is 5.61. The van der Waals surface area contributed by atoms with Crippen LogP contribution in [0.1, 0.15) is 30.4 Å². The Balaban J connectivity index is 1.92. The topological polar surface area (TPSA) is 77.9 Å². The average molecular weight is 394 g/mol. The van der Waals surface area contributed by atoms with Gasteiger partial charge in [-0.25, -0.2) is 0 Å². The van der Waals surface area contributed by atoms with Crippen molar-refractivity contribution in [2.45, 2.75) is 31.1 Å². The Morgan fingerprint density at radius 2 is 1.72 bits per heavy atom. The molecular weight excluding hydrogens is 368 g/mol. The highest BCUT2D eigenvalue weighted by Gasteiger charge is 2.51. The first kappa shape index (κ1) is 20.6. The van der Waals surface area contributed by atoms with Crippen molar-refractivity contribution < 1.29 is 19.5 Å². The summed E-state index contributed by atoms with van der Waals surface area (Å²) in [5.41, 5.74) is 1.72. The molecule has 2 aromatic rings. The normalized spacial score (nSPS) is 17.9. The second kappa shape index (κ2) is 8.47. The Bertz CT molecular complexity index is 912. The first-order valence-corrected chi connectivity index (χ1v) is 9.72. The number of rotatable bonds is 8. The fourth-order valence-corrected chi connectivity index (χ4v) is 4.05. The van der Waals surface area contributed by atoms with Crippen LogP contribution in [0.4, 0.5) is 5.69 Å². The molecule has 152 valence electrons. The van der Waals surface area contributed by atoms with Crippen LogP contribution < -0.4 is 4.90 Å². The number of hydrogen-bond donors (Lipinski definition) is 1. The summed E-state index contributed by atoms with van der Waals surface area (Å²) in [5.74, 6) is -1.13.